The molecule has 2 aromatic carbocycles. The molecule has 1 fully saturated rings. The lowest BCUT2D eigenvalue weighted by Gasteiger charge is -2.27. The fourth-order valence-electron chi connectivity index (χ4n) is 3.48. The van der Waals surface area contributed by atoms with Gasteiger partial charge >= 0.3 is 11.6 Å². The third-order valence-electron chi connectivity index (χ3n) is 5.05. The number of ether oxygens (including phenoxy) is 1. The molecular weight excluding hydrogens is 403 g/mol. The Morgan fingerprint density at radius 3 is 2.19 bits per heavy atom. The van der Waals surface area contributed by atoms with E-state index in [1.54, 1.807) is 12.1 Å². The van der Waals surface area contributed by atoms with Crippen LogP contribution in [0.25, 0.3) is 0 Å². The van der Waals surface area contributed by atoms with Crippen LogP contribution in [-0.2, 0) is 0 Å². The van der Waals surface area contributed by atoms with Gasteiger partial charge in [-0.05, 0) is 67.8 Å². The van der Waals surface area contributed by atoms with E-state index in [4.69, 9.17) is 4.74 Å². The van der Waals surface area contributed by atoms with Gasteiger partial charge in [-0.2, -0.15) is 4.98 Å². The van der Waals surface area contributed by atoms with Crippen molar-refractivity contribution in [1.82, 2.24) is 9.97 Å². The molecule has 9 heteroatoms. The number of carbonyl (C=O) groups is 1. The number of aromatic nitrogens is 2. The molecular formula is C22H19FN4O4. The third-order valence-corrected chi connectivity index (χ3v) is 5.05. The number of piperidine rings is 1. The Bertz CT molecular complexity index is 1100. The summed E-state index contributed by atoms with van der Waals surface area (Å²) in [5.74, 6) is -0.305. The summed E-state index contributed by atoms with van der Waals surface area (Å²) in [5.41, 5.74) is 0.452. The van der Waals surface area contributed by atoms with Crippen LogP contribution in [0.15, 0.2) is 54.9 Å². The Labute approximate surface area is 177 Å². The van der Waals surface area contributed by atoms with E-state index in [0.717, 1.165) is 19.3 Å². The normalized spacial score (nSPS) is 13.6. The van der Waals surface area contributed by atoms with E-state index in [1.165, 1.54) is 42.7 Å². The van der Waals surface area contributed by atoms with Crippen molar-refractivity contribution >= 4 is 17.3 Å². The number of ketones is 1. The zero-order valence-corrected chi connectivity index (χ0v) is 16.5. The molecule has 0 bridgehead atoms. The fourth-order valence-corrected chi connectivity index (χ4v) is 3.48. The summed E-state index contributed by atoms with van der Waals surface area (Å²) >= 11 is 0. The van der Waals surface area contributed by atoms with Gasteiger partial charge in [0.05, 0.1) is 4.92 Å². The Kier molecular flexibility index (Phi) is 5.83. The average molecular weight is 422 g/mol. The highest BCUT2D eigenvalue weighted by Crippen LogP contribution is 2.37. The van der Waals surface area contributed by atoms with Gasteiger partial charge in [0.1, 0.15) is 17.9 Å². The Hall–Kier alpha value is -3.88. The third kappa shape index (κ3) is 4.50. The van der Waals surface area contributed by atoms with E-state index in [0.29, 0.717) is 30.0 Å². The second kappa shape index (κ2) is 8.86. The molecule has 0 spiro atoms. The first-order valence-electron chi connectivity index (χ1n) is 9.85. The number of halogens is 1. The standard InChI is InChI=1S/C22H19FN4O4/c23-17-8-4-15(5-9-17)20(28)16-6-10-18(11-7-16)31-22-19(27(29)30)21(24-14-25-22)26-12-2-1-3-13-26/h4-11,14H,1-3,12-13H2. The summed E-state index contributed by atoms with van der Waals surface area (Å²) in [6.07, 6.45) is 4.22. The largest absolute Gasteiger partial charge is 0.434 e. The molecule has 3 aromatic rings. The van der Waals surface area contributed by atoms with Crippen molar-refractivity contribution in [2.75, 3.05) is 18.0 Å². The molecule has 1 aliphatic heterocycles. The molecule has 2 heterocycles. The highest BCUT2D eigenvalue weighted by atomic mass is 19.1. The number of rotatable bonds is 6. The number of hydrogen-bond donors (Lipinski definition) is 0. The quantitative estimate of drug-likeness (QED) is 0.327. The predicted octanol–water partition coefficient (Wildman–Crippen LogP) is 4.54. The van der Waals surface area contributed by atoms with Gasteiger partial charge in [-0.1, -0.05) is 0 Å². The van der Waals surface area contributed by atoms with Gasteiger partial charge in [0, 0.05) is 24.2 Å². The molecule has 158 valence electrons. The predicted molar refractivity (Wildman–Crippen MR) is 111 cm³/mol. The lowest BCUT2D eigenvalue weighted by atomic mass is 10.0. The minimum absolute atomic E-state index is 0.154. The van der Waals surface area contributed by atoms with Crippen molar-refractivity contribution in [2.24, 2.45) is 0 Å². The molecule has 1 aliphatic rings. The highest BCUT2D eigenvalue weighted by molar-refractivity contribution is 6.09. The minimum Gasteiger partial charge on any atom is -0.434 e. The van der Waals surface area contributed by atoms with Gasteiger partial charge in [0.15, 0.2) is 5.78 Å². The van der Waals surface area contributed by atoms with Crippen LogP contribution in [0.1, 0.15) is 35.2 Å². The van der Waals surface area contributed by atoms with Gasteiger partial charge in [-0.25, -0.2) is 9.37 Å². The summed E-state index contributed by atoms with van der Waals surface area (Å²) in [6, 6.07) is 11.4. The SMILES string of the molecule is O=C(c1ccc(F)cc1)c1ccc(Oc2ncnc(N3CCCCC3)c2[N+](=O)[O-])cc1. The van der Waals surface area contributed by atoms with Crippen LogP contribution in [0, 0.1) is 15.9 Å². The monoisotopic (exact) mass is 422 g/mol. The van der Waals surface area contributed by atoms with Crippen LogP contribution in [0.4, 0.5) is 15.9 Å². The van der Waals surface area contributed by atoms with Gasteiger partial charge in [-0.15, -0.1) is 0 Å². The van der Waals surface area contributed by atoms with E-state index in [-0.39, 0.29) is 23.2 Å². The first-order valence-corrected chi connectivity index (χ1v) is 9.85. The molecule has 4 rings (SSSR count). The molecule has 0 aliphatic carbocycles. The summed E-state index contributed by atoms with van der Waals surface area (Å²) in [7, 11) is 0. The Morgan fingerprint density at radius 2 is 1.58 bits per heavy atom. The van der Waals surface area contributed by atoms with Crippen molar-refractivity contribution in [1.29, 1.82) is 0 Å². The summed E-state index contributed by atoms with van der Waals surface area (Å²) < 4.78 is 18.7. The van der Waals surface area contributed by atoms with Gasteiger partial charge in [0.25, 0.3) is 0 Å². The molecule has 0 N–H and O–H groups in total. The summed E-state index contributed by atoms with van der Waals surface area (Å²) in [5, 5.41) is 11.7. The maximum absolute atomic E-state index is 13.1. The van der Waals surface area contributed by atoms with E-state index < -0.39 is 10.7 Å². The van der Waals surface area contributed by atoms with Crippen molar-refractivity contribution < 1.29 is 18.8 Å². The van der Waals surface area contributed by atoms with Crippen LogP contribution in [0.2, 0.25) is 0 Å². The van der Waals surface area contributed by atoms with Crippen LogP contribution < -0.4 is 9.64 Å². The second-order valence-electron chi connectivity index (χ2n) is 7.12. The van der Waals surface area contributed by atoms with Crippen molar-refractivity contribution in [2.45, 2.75) is 19.3 Å². The van der Waals surface area contributed by atoms with Gasteiger partial charge < -0.3 is 9.64 Å². The van der Waals surface area contributed by atoms with Gasteiger partial charge in [-0.3, -0.25) is 14.9 Å². The lowest BCUT2D eigenvalue weighted by Crippen LogP contribution is -2.30. The molecule has 0 atom stereocenters. The number of carbonyl (C=O) groups excluding carboxylic acids is 1. The minimum atomic E-state index is -0.536. The van der Waals surface area contributed by atoms with Crippen molar-refractivity contribution in [3.05, 3.63) is 81.9 Å². The average Bonchev–Trinajstić information content (AvgIpc) is 2.80. The molecule has 8 nitrogen and oxygen atoms in total. The Balaban J connectivity index is 1.57. The number of benzene rings is 2. The zero-order valence-electron chi connectivity index (χ0n) is 16.5. The molecule has 0 unspecified atom stereocenters. The van der Waals surface area contributed by atoms with Crippen molar-refractivity contribution in [3.8, 4) is 11.6 Å². The molecule has 1 aromatic heterocycles. The summed E-state index contributed by atoms with van der Waals surface area (Å²) in [4.78, 5) is 33.7. The maximum Gasteiger partial charge on any atom is 0.373 e. The molecule has 31 heavy (non-hydrogen) atoms. The molecule has 0 radical (unpaired) electrons. The fraction of sp³-hybridized carbons (Fsp3) is 0.227. The Morgan fingerprint density at radius 1 is 0.968 bits per heavy atom. The first-order chi connectivity index (χ1) is 15.0. The van der Waals surface area contributed by atoms with E-state index in [1.807, 2.05) is 4.90 Å². The maximum atomic E-state index is 13.1. The molecule has 0 saturated carbocycles. The number of nitrogens with zero attached hydrogens (tertiary/aromatic N) is 4. The molecule has 1 saturated heterocycles. The van der Waals surface area contributed by atoms with Gasteiger partial charge in [0.2, 0.25) is 5.82 Å². The second-order valence-corrected chi connectivity index (χ2v) is 7.12. The lowest BCUT2D eigenvalue weighted by molar-refractivity contribution is -0.385. The number of nitro groups is 1. The van der Waals surface area contributed by atoms with Crippen molar-refractivity contribution in [3.63, 3.8) is 0 Å². The first kappa shape index (κ1) is 20.4. The van der Waals surface area contributed by atoms with E-state index >= 15 is 0 Å². The smallest absolute Gasteiger partial charge is 0.373 e. The number of hydrogen-bond acceptors (Lipinski definition) is 7. The molecule has 0 amide bonds. The van der Waals surface area contributed by atoms with E-state index in [2.05, 4.69) is 9.97 Å². The van der Waals surface area contributed by atoms with E-state index in [9.17, 15) is 19.3 Å². The zero-order chi connectivity index (χ0) is 21.8. The van der Waals surface area contributed by atoms with Crippen LogP contribution in [-0.4, -0.2) is 33.8 Å². The highest BCUT2D eigenvalue weighted by Gasteiger charge is 2.29. The number of anilines is 1. The van der Waals surface area contributed by atoms with Crippen LogP contribution >= 0.6 is 0 Å². The summed E-state index contributed by atoms with van der Waals surface area (Å²) in [6.45, 7) is 1.38. The van der Waals surface area contributed by atoms with Crippen LogP contribution in [0.3, 0.4) is 0 Å². The van der Waals surface area contributed by atoms with Crippen LogP contribution in [0.5, 0.6) is 11.6 Å². The topological polar surface area (TPSA) is 98.5 Å².